The van der Waals surface area contributed by atoms with Gasteiger partial charge in [-0.1, -0.05) is 27.7 Å². The van der Waals surface area contributed by atoms with Crippen molar-refractivity contribution >= 4 is 11.8 Å². The molecule has 4 nitrogen and oxygen atoms in total. The Morgan fingerprint density at radius 3 is 1.84 bits per heavy atom. The number of halogens is 6. The first kappa shape index (κ1) is 26.0. The number of alkyl halides is 6. The smallest absolute Gasteiger partial charge is 0.352 e. The first-order valence-electron chi connectivity index (χ1n) is 10.4. The topological polar surface area (TPSA) is 49.4 Å². The number of nitrogens with zero attached hydrogens (tertiary/aromatic N) is 1. The minimum absolute atomic E-state index is 0.0118. The number of piperidine rings is 1. The molecule has 1 saturated heterocycles. The molecule has 2 amide bonds. The van der Waals surface area contributed by atoms with Crippen molar-refractivity contribution in [2.45, 2.75) is 52.9 Å². The quantitative estimate of drug-likeness (QED) is 0.607. The lowest BCUT2D eigenvalue weighted by Gasteiger charge is -2.36. The van der Waals surface area contributed by atoms with Gasteiger partial charge >= 0.3 is 12.4 Å². The molecule has 1 N–H and O–H groups in total. The summed E-state index contributed by atoms with van der Waals surface area (Å²) in [6, 6.07) is 0.821. The number of carbonyl (C=O) groups excluding carboxylic acids is 2. The fraction of sp³-hybridized carbons (Fsp3) is 0.636. The summed E-state index contributed by atoms with van der Waals surface area (Å²) in [6.45, 7) is 8.90. The summed E-state index contributed by atoms with van der Waals surface area (Å²) in [5.41, 5.74) is -3.93. The molecular weight excluding hydrogens is 438 g/mol. The van der Waals surface area contributed by atoms with Crippen molar-refractivity contribution in [2.24, 2.45) is 17.3 Å². The third kappa shape index (κ3) is 6.62. The summed E-state index contributed by atoms with van der Waals surface area (Å²) in [4.78, 5) is 26.7. The van der Waals surface area contributed by atoms with Gasteiger partial charge in [-0.25, -0.2) is 0 Å². The highest BCUT2D eigenvalue weighted by molar-refractivity contribution is 5.94. The molecule has 0 aliphatic carbocycles. The van der Waals surface area contributed by atoms with E-state index in [4.69, 9.17) is 0 Å². The summed E-state index contributed by atoms with van der Waals surface area (Å²) in [7, 11) is 0. The van der Waals surface area contributed by atoms with Gasteiger partial charge < -0.3 is 10.2 Å². The predicted molar refractivity (Wildman–Crippen MR) is 107 cm³/mol. The average Bonchev–Trinajstić information content (AvgIpc) is 2.69. The summed E-state index contributed by atoms with van der Waals surface area (Å²) in [5.74, 6) is -1.14. The van der Waals surface area contributed by atoms with E-state index in [1.54, 1.807) is 4.90 Å². The van der Waals surface area contributed by atoms with Crippen LogP contribution in [-0.2, 0) is 17.1 Å². The molecule has 0 unspecified atom stereocenters. The second-order valence-corrected chi connectivity index (χ2v) is 9.36. The lowest BCUT2D eigenvalue weighted by Crippen LogP contribution is -2.45. The van der Waals surface area contributed by atoms with Gasteiger partial charge in [-0.15, -0.1) is 0 Å². The van der Waals surface area contributed by atoms with Crippen molar-refractivity contribution in [3.63, 3.8) is 0 Å². The van der Waals surface area contributed by atoms with Crippen molar-refractivity contribution in [1.29, 1.82) is 0 Å². The van der Waals surface area contributed by atoms with E-state index in [1.165, 1.54) is 0 Å². The van der Waals surface area contributed by atoms with E-state index in [2.05, 4.69) is 5.32 Å². The first-order valence-corrected chi connectivity index (χ1v) is 10.4. The van der Waals surface area contributed by atoms with E-state index < -0.39 is 35.0 Å². The SMILES string of the molecule is C[C@H](C(=O)N1CCC(CNC(=O)c2cc(C(F)(F)F)cc(C(F)(F)F)c2)CC1)C(C)(C)C. The van der Waals surface area contributed by atoms with E-state index in [1.807, 2.05) is 27.7 Å². The van der Waals surface area contributed by atoms with Crippen LogP contribution in [0.4, 0.5) is 26.3 Å². The molecule has 0 aromatic heterocycles. The Labute approximate surface area is 183 Å². The number of benzene rings is 1. The van der Waals surface area contributed by atoms with Gasteiger partial charge in [0, 0.05) is 31.1 Å². The Morgan fingerprint density at radius 1 is 0.969 bits per heavy atom. The highest BCUT2D eigenvalue weighted by Gasteiger charge is 2.38. The number of carbonyl (C=O) groups is 2. The van der Waals surface area contributed by atoms with E-state index in [-0.39, 0.29) is 35.8 Å². The van der Waals surface area contributed by atoms with Gasteiger partial charge in [-0.3, -0.25) is 9.59 Å². The summed E-state index contributed by atoms with van der Waals surface area (Å²) >= 11 is 0. The maximum atomic E-state index is 13.0. The number of rotatable bonds is 4. The maximum absolute atomic E-state index is 13.0. The number of likely N-dealkylation sites (tertiary alicyclic amines) is 1. The largest absolute Gasteiger partial charge is 0.416 e. The molecule has 0 radical (unpaired) electrons. The monoisotopic (exact) mass is 466 g/mol. The average molecular weight is 466 g/mol. The molecule has 1 aliphatic rings. The van der Waals surface area contributed by atoms with Gasteiger partial charge in [-0.05, 0) is 42.4 Å². The van der Waals surface area contributed by atoms with Crippen LogP contribution in [0.2, 0.25) is 0 Å². The molecular formula is C22H28F6N2O2. The van der Waals surface area contributed by atoms with Crippen molar-refractivity contribution in [3.8, 4) is 0 Å². The molecule has 10 heteroatoms. The normalized spacial score (nSPS) is 17.2. The second kappa shape index (κ2) is 9.31. The van der Waals surface area contributed by atoms with Gasteiger partial charge in [0.2, 0.25) is 5.91 Å². The van der Waals surface area contributed by atoms with Crippen molar-refractivity contribution in [3.05, 3.63) is 34.9 Å². The van der Waals surface area contributed by atoms with E-state index >= 15 is 0 Å². The highest BCUT2D eigenvalue weighted by atomic mass is 19.4. The Morgan fingerprint density at radius 2 is 1.44 bits per heavy atom. The lowest BCUT2D eigenvalue weighted by atomic mass is 9.81. The van der Waals surface area contributed by atoms with Crippen LogP contribution in [-0.4, -0.2) is 36.3 Å². The Hall–Kier alpha value is -2.26. The zero-order valence-electron chi connectivity index (χ0n) is 18.5. The highest BCUT2D eigenvalue weighted by Crippen LogP contribution is 2.36. The fourth-order valence-electron chi connectivity index (χ4n) is 3.43. The van der Waals surface area contributed by atoms with E-state index in [9.17, 15) is 35.9 Å². The molecule has 32 heavy (non-hydrogen) atoms. The zero-order chi connectivity index (χ0) is 24.5. The fourth-order valence-corrected chi connectivity index (χ4v) is 3.43. The molecule has 0 saturated carbocycles. The van der Waals surface area contributed by atoms with Crippen LogP contribution >= 0.6 is 0 Å². The number of hydrogen-bond donors (Lipinski definition) is 1. The summed E-state index contributed by atoms with van der Waals surface area (Å²) in [6.07, 6.45) is -8.86. The standard InChI is InChI=1S/C22H28F6N2O2/c1-13(20(2,3)4)19(32)30-7-5-14(6-8-30)12-29-18(31)15-9-16(21(23,24)25)11-17(10-15)22(26,27)28/h9-11,13-14H,5-8,12H2,1-4H3,(H,29,31)/t13-/m1/s1. The predicted octanol–water partition coefficient (Wildman–Crippen LogP) is 5.37. The molecule has 1 fully saturated rings. The van der Waals surface area contributed by atoms with E-state index in [0.29, 0.717) is 38.1 Å². The van der Waals surface area contributed by atoms with Crippen LogP contribution in [0, 0.1) is 17.3 Å². The van der Waals surface area contributed by atoms with Crippen LogP contribution in [0.15, 0.2) is 18.2 Å². The lowest BCUT2D eigenvalue weighted by molar-refractivity contribution is -0.143. The van der Waals surface area contributed by atoms with Crippen molar-refractivity contribution in [2.75, 3.05) is 19.6 Å². The third-order valence-electron chi connectivity index (χ3n) is 6.00. The molecule has 2 rings (SSSR count). The van der Waals surface area contributed by atoms with E-state index in [0.717, 1.165) is 0 Å². The third-order valence-corrected chi connectivity index (χ3v) is 6.00. The van der Waals surface area contributed by atoms with Crippen molar-refractivity contribution in [1.82, 2.24) is 10.2 Å². The van der Waals surface area contributed by atoms with Crippen LogP contribution < -0.4 is 5.32 Å². The molecule has 1 heterocycles. The van der Waals surface area contributed by atoms with Gasteiger partial charge in [0.15, 0.2) is 0 Å². The van der Waals surface area contributed by atoms with Gasteiger partial charge in [-0.2, -0.15) is 26.3 Å². The molecule has 1 aromatic rings. The number of nitrogens with one attached hydrogen (secondary N) is 1. The minimum atomic E-state index is -5.01. The van der Waals surface area contributed by atoms with Crippen LogP contribution in [0.3, 0.4) is 0 Å². The van der Waals surface area contributed by atoms with Gasteiger partial charge in [0.25, 0.3) is 5.91 Å². The Balaban J connectivity index is 2.00. The van der Waals surface area contributed by atoms with Crippen LogP contribution in [0.25, 0.3) is 0 Å². The Kier molecular flexibility index (Phi) is 7.56. The molecule has 0 spiro atoms. The van der Waals surface area contributed by atoms with Gasteiger partial charge in [0.05, 0.1) is 11.1 Å². The summed E-state index contributed by atoms with van der Waals surface area (Å²) in [5, 5.41) is 2.44. The molecule has 0 bridgehead atoms. The minimum Gasteiger partial charge on any atom is -0.352 e. The molecule has 1 atom stereocenters. The van der Waals surface area contributed by atoms with Gasteiger partial charge in [0.1, 0.15) is 0 Å². The van der Waals surface area contributed by atoms with Crippen molar-refractivity contribution < 1.29 is 35.9 Å². The molecule has 1 aromatic carbocycles. The van der Waals surface area contributed by atoms with Crippen LogP contribution in [0.1, 0.15) is 62.0 Å². The summed E-state index contributed by atoms with van der Waals surface area (Å²) < 4.78 is 77.9. The molecule has 1 aliphatic heterocycles. The number of hydrogen-bond acceptors (Lipinski definition) is 2. The van der Waals surface area contributed by atoms with Crippen LogP contribution in [0.5, 0.6) is 0 Å². The Bertz CT molecular complexity index is 802. The second-order valence-electron chi connectivity index (χ2n) is 9.36. The number of amides is 2. The first-order chi connectivity index (χ1) is 14.5. The molecule has 180 valence electrons. The zero-order valence-corrected chi connectivity index (χ0v) is 18.5. The maximum Gasteiger partial charge on any atom is 0.416 e.